The van der Waals surface area contributed by atoms with Crippen molar-refractivity contribution in [1.82, 2.24) is 0 Å². The maximum absolute atomic E-state index is 11.1. The van der Waals surface area contributed by atoms with E-state index in [1.165, 1.54) is 12.1 Å². The Balaban J connectivity index is 3.35. The second kappa shape index (κ2) is 3.30. The van der Waals surface area contributed by atoms with Gasteiger partial charge in [0.25, 0.3) is 0 Å². The molecule has 0 aliphatic heterocycles. The summed E-state index contributed by atoms with van der Waals surface area (Å²) in [5.41, 5.74) is 1.84. The predicted molar refractivity (Wildman–Crippen MR) is 49.9 cm³/mol. The van der Waals surface area contributed by atoms with Crippen LogP contribution in [0.25, 0.3) is 0 Å². The highest BCUT2D eigenvalue weighted by Crippen LogP contribution is 2.14. The molecule has 0 N–H and O–H groups in total. The molecule has 0 saturated carbocycles. The van der Waals surface area contributed by atoms with Crippen LogP contribution in [0.2, 0.25) is 0 Å². The van der Waals surface area contributed by atoms with E-state index in [-0.39, 0.29) is 10.5 Å². The van der Waals surface area contributed by atoms with Crippen molar-refractivity contribution in [2.24, 2.45) is 0 Å². The first-order valence-corrected chi connectivity index (χ1v) is 5.29. The topological polar surface area (TPSA) is 51.2 Å². The van der Waals surface area contributed by atoms with Crippen molar-refractivity contribution in [2.75, 3.05) is 0 Å². The summed E-state index contributed by atoms with van der Waals surface area (Å²) in [4.78, 5) is 10.3. The van der Waals surface area contributed by atoms with Crippen LogP contribution in [0.3, 0.4) is 0 Å². The molecule has 0 aliphatic carbocycles. The lowest BCUT2D eigenvalue weighted by Crippen LogP contribution is -2.01. The fraction of sp³-hybridized carbons (Fsp3) is 0.222. The smallest absolute Gasteiger partial charge is 0.238 e. The highest BCUT2D eigenvalue weighted by Gasteiger charge is 2.12. The number of carbonyl (C=O) groups excluding carboxylic acids is 1. The molecule has 3 nitrogen and oxygen atoms in total. The Morgan fingerprint density at radius 2 is 1.77 bits per heavy atom. The molecular formula is C9H10O3S. The van der Waals surface area contributed by atoms with Crippen LogP contribution in [0.5, 0.6) is 0 Å². The summed E-state index contributed by atoms with van der Waals surface area (Å²) in [5, 5.41) is 0. The van der Waals surface area contributed by atoms with E-state index in [1.807, 2.05) is 6.92 Å². The molecule has 0 aliphatic rings. The van der Waals surface area contributed by atoms with Gasteiger partial charge in [0, 0.05) is 0 Å². The van der Waals surface area contributed by atoms with E-state index in [4.69, 9.17) is 0 Å². The monoisotopic (exact) mass is 198 g/mol. The van der Waals surface area contributed by atoms with Gasteiger partial charge in [0.1, 0.15) is 0 Å². The summed E-state index contributed by atoms with van der Waals surface area (Å²) < 4.78 is 22.2. The first-order valence-electron chi connectivity index (χ1n) is 3.75. The van der Waals surface area contributed by atoms with E-state index < -0.39 is 9.84 Å². The normalized spacial score (nSPS) is 11.2. The zero-order chi connectivity index (χ0) is 10.1. The van der Waals surface area contributed by atoms with E-state index in [1.54, 1.807) is 13.0 Å². The molecule has 0 unspecified atom stereocenters. The first kappa shape index (κ1) is 9.92. The summed E-state index contributed by atoms with van der Waals surface area (Å²) in [5.74, 6) is 0. The zero-order valence-electron chi connectivity index (χ0n) is 7.44. The lowest BCUT2D eigenvalue weighted by molar-refractivity contribution is 0.556. The molecule has 0 heterocycles. The van der Waals surface area contributed by atoms with Crippen molar-refractivity contribution in [2.45, 2.75) is 18.7 Å². The molecule has 0 radical (unpaired) electrons. The second-order valence-corrected chi connectivity index (χ2v) is 4.64. The molecule has 0 atom stereocenters. The van der Waals surface area contributed by atoms with Crippen LogP contribution in [0.4, 0.5) is 0 Å². The Bertz CT molecular complexity index is 432. The molecule has 0 aromatic heterocycles. The average molecular weight is 198 g/mol. The van der Waals surface area contributed by atoms with Gasteiger partial charge in [-0.25, -0.2) is 8.42 Å². The molecular weight excluding hydrogens is 188 g/mol. The zero-order valence-corrected chi connectivity index (χ0v) is 8.26. The highest BCUT2D eigenvalue weighted by molar-refractivity contribution is 8.04. The van der Waals surface area contributed by atoms with Crippen LogP contribution in [0, 0.1) is 13.8 Å². The highest BCUT2D eigenvalue weighted by atomic mass is 32.2. The van der Waals surface area contributed by atoms with Crippen molar-refractivity contribution < 1.29 is 13.2 Å². The molecule has 0 fully saturated rings. The number of aryl methyl sites for hydroxylation is 2. The van der Waals surface area contributed by atoms with Crippen LogP contribution in [0.15, 0.2) is 23.1 Å². The van der Waals surface area contributed by atoms with Crippen LogP contribution in [-0.4, -0.2) is 14.0 Å². The molecule has 1 aromatic rings. The summed E-state index contributed by atoms with van der Waals surface area (Å²) in [6.07, 6.45) is 0. The van der Waals surface area contributed by atoms with Gasteiger partial charge in [0.15, 0.2) is 0 Å². The largest absolute Gasteiger partial charge is 0.285 e. The predicted octanol–water partition coefficient (Wildman–Crippen LogP) is 1.27. The Labute approximate surface area is 77.3 Å². The summed E-state index contributed by atoms with van der Waals surface area (Å²) in [7, 11) is -3.72. The Kier molecular flexibility index (Phi) is 2.52. The minimum atomic E-state index is -3.72. The fourth-order valence-electron chi connectivity index (χ4n) is 0.946. The summed E-state index contributed by atoms with van der Waals surface area (Å²) in [6.45, 7) is 3.69. The Hall–Kier alpha value is -1.16. The van der Waals surface area contributed by atoms with E-state index >= 15 is 0 Å². The maximum Gasteiger partial charge on any atom is 0.238 e. The molecule has 1 rings (SSSR count). The lowest BCUT2D eigenvalue weighted by Gasteiger charge is -2.01. The van der Waals surface area contributed by atoms with E-state index in [0.29, 0.717) is 0 Å². The molecule has 0 amide bonds. The van der Waals surface area contributed by atoms with E-state index in [2.05, 4.69) is 0 Å². The number of hydrogen-bond donors (Lipinski definition) is 0. The molecule has 4 heteroatoms. The summed E-state index contributed by atoms with van der Waals surface area (Å²) >= 11 is 0. The van der Waals surface area contributed by atoms with Gasteiger partial charge in [-0.05, 0) is 37.1 Å². The third-order valence-electron chi connectivity index (χ3n) is 1.93. The van der Waals surface area contributed by atoms with E-state index in [9.17, 15) is 13.2 Å². The Morgan fingerprint density at radius 1 is 1.15 bits per heavy atom. The van der Waals surface area contributed by atoms with Crippen molar-refractivity contribution in [3.05, 3.63) is 29.3 Å². The lowest BCUT2D eigenvalue weighted by atomic mass is 10.1. The van der Waals surface area contributed by atoms with E-state index in [0.717, 1.165) is 11.1 Å². The molecule has 0 bridgehead atoms. The fourth-order valence-corrected chi connectivity index (χ4v) is 1.66. The van der Waals surface area contributed by atoms with Crippen LogP contribution in [0.1, 0.15) is 11.1 Å². The third-order valence-corrected chi connectivity index (χ3v) is 3.10. The number of sulfone groups is 1. The van der Waals surface area contributed by atoms with Gasteiger partial charge in [0.2, 0.25) is 15.5 Å². The molecule has 0 spiro atoms. The average Bonchev–Trinajstić information content (AvgIpc) is 2.09. The minimum Gasteiger partial charge on any atom is -0.285 e. The molecule has 70 valence electrons. The van der Waals surface area contributed by atoms with Crippen LogP contribution >= 0.6 is 0 Å². The van der Waals surface area contributed by atoms with Crippen LogP contribution < -0.4 is 0 Å². The van der Waals surface area contributed by atoms with Gasteiger partial charge in [-0.3, -0.25) is 4.79 Å². The van der Waals surface area contributed by atoms with Crippen molar-refractivity contribution in [1.29, 1.82) is 0 Å². The second-order valence-electron chi connectivity index (χ2n) is 2.89. The standard InChI is InChI=1S/C9H10O3S/c1-7-3-4-9(5-8(7)2)13(11,12)6-10/h3-6H,1-2H3. The van der Waals surface area contributed by atoms with Crippen LogP contribution in [-0.2, 0) is 14.6 Å². The molecule has 1 aromatic carbocycles. The Morgan fingerprint density at radius 3 is 2.23 bits per heavy atom. The van der Waals surface area contributed by atoms with Gasteiger partial charge in [-0.1, -0.05) is 6.07 Å². The number of benzene rings is 1. The minimum absolute atomic E-state index is 0.0306. The van der Waals surface area contributed by atoms with Crippen molar-refractivity contribution >= 4 is 15.5 Å². The van der Waals surface area contributed by atoms with Gasteiger partial charge in [0.05, 0.1) is 4.90 Å². The van der Waals surface area contributed by atoms with Gasteiger partial charge >= 0.3 is 0 Å². The first-order chi connectivity index (χ1) is 5.97. The van der Waals surface area contributed by atoms with Crippen molar-refractivity contribution in [3.63, 3.8) is 0 Å². The quantitative estimate of drug-likeness (QED) is 0.672. The third kappa shape index (κ3) is 1.95. The van der Waals surface area contributed by atoms with Gasteiger partial charge in [-0.2, -0.15) is 0 Å². The number of rotatable bonds is 2. The maximum atomic E-state index is 11.1. The molecule has 0 saturated heterocycles. The van der Waals surface area contributed by atoms with Crippen molar-refractivity contribution in [3.8, 4) is 0 Å². The van der Waals surface area contributed by atoms with Gasteiger partial charge < -0.3 is 0 Å². The number of carbonyl (C=O) groups is 1. The molecule has 13 heavy (non-hydrogen) atoms. The number of hydrogen-bond acceptors (Lipinski definition) is 3. The van der Waals surface area contributed by atoms with Gasteiger partial charge in [-0.15, -0.1) is 0 Å². The SMILES string of the molecule is Cc1ccc(S(=O)(=O)C=O)cc1C. The summed E-state index contributed by atoms with van der Waals surface area (Å²) in [6, 6.07) is 4.62.